The zero-order valence-corrected chi connectivity index (χ0v) is 18.7. The quantitative estimate of drug-likeness (QED) is 0.818. The minimum Gasteiger partial charge on any atom is -0.389 e. The van der Waals surface area contributed by atoms with Crippen molar-refractivity contribution >= 4 is 5.91 Å². The molecule has 1 spiro atoms. The fourth-order valence-corrected chi connectivity index (χ4v) is 5.84. The van der Waals surface area contributed by atoms with E-state index in [0.717, 1.165) is 77.6 Å². The van der Waals surface area contributed by atoms with E-state index in [4.69, 9.17) is 4.74 Å². The van der Waals surface area contributed by atoms with Crippen LogP contribution in [0.5, 0.6) is 0 Å². The van der Waals surface area contributed by atoms with Crippen LogP contribution in [-0.4, -0.2) is 71.3 Å². The Kier molecular flexibility index (Phi) is 6.52. The van der Waals surface area contributed by atoms with E-state index in [0.29, 0.717) is 12.0 Å². The Bertz CT molecular complexity index is 706. The topological polar surface area (TPSA) is 53.0 Å². The van der Waals surface area contributed by atoms with Crippen molar-refractivity contribution in [1.82, 2.24) is 9.80 Å². The number of rotatable bonds is 4. The number of amides is 1. The number of carbonyl (C=O) groups is 1. The third-order valence-electron chi connectivity index (χ3n) is 7.98. The van der Waals surface area contributed by atoms with Gasteiger partial charge in [0.05, 0.1) is 11.2 Å². The third-order valence-corrected chi connectivity index (χ3v) is 7.98. The minimum atomic E-state index is -0.555. The second-order valence-corrected chi connectivity index (χ2v) is 9.99. The molecule has 1 aromatic carbocycles. The lowest BCUT2D eigenvalue weighted by Crippen LogP contribution is -2.55. The van der Waals surface area contributed by atoms with Gasteiger partial charge in [-0.15, -0.1) is 0 Å². The van der Waals surface area contributed by atoms with Gasteiger partial charge in [-0.2, -0.15) is 0 Å². The second kappa shape index (κ2) is 8.97. The molecule has 1 aliphatic carbocycles. The van der Waals surface area contributed by atoms with E-state index < -0.39 is 5.60 Å². The standard InChI is InChI=1S/C25H38N2O3/c1-20(28)26(2)23-10-17-30-25(18-23)13-15-27(16-14-25)19-24(29)11-8-22(9-12-24)21-6-4-3-5-7-21/h3-7,22-23,29H,8-19H2,1-2H3. The summed E-state index contributed by atoms with van der Waals surface area (Å²) in [7, 11) is 1.92. The number of hydrogen-bond donors (Lipinski definition) is 1. The van der Waals surface area contributed by atoms with Gasteiger partial charge in [0.15, 0.2) is 0 Å². The first-order valence-corrected chi connectivity index (χ1v) is 11.8. The molecule has 2 heterocycles. The monoisotopic (exact) mass is 414 g/mol. The Morgan fingerprint density at radius 1 is 1.13 bits per heavy atom. The van der Waals surface area contributed by atoms with Gasteiger partial charge in [0.25, 0.3) is 0 Å². The number of carbonyl (C=O) groups excluding carboxylic acids is 1. The molecule has 0 radical (unpaired) electrons. The highest BCUT2D eigenvalue weighted by atomic mass is 16.5. The zero-order valence-electron chi connectivity index (χ0n) is 18.7. The van der Waals surface area contributed by atoms with E-state index in [9.17, 15) is 9.90 Å². The summed E-state index contributed by atoms with van der Waals surface area (Å²) in [5, 5.41) is 11.2. The van der Waals surface area contributed by atoms with Gasteiger partial charge in [-0.1, -0.05) is 30.3 Å². The molecule has 5 heteroatoms. The predicted octanol–water partition coefficient (Wildman–Crippen LogP) is 3.57. The molecule has 1 saturated carbocycles. The molecule has 1 unspecified atom stereocenters. The molecule has 5 nitrogen and oxygen atoms in total. The highest BCUT2D eigenvalue weighted by molar-refractivity contribution is 5.73. The first-order chi connectivity index (χ1) is 14.4. The van der Waals surface area contributed by atoms with Gasteiger partial charge in [0, 0.05) is 46.3 Å². The molecule has 2 saturated heterocycles. The number of aliphatic hydroxyl groups is 1. The van der Waals surface area contributed by atoms with Crippen LogP contribution in [0.2, 0.25) is 0 Å². The van der Waals surface area contributed by atoms with Gasteiger partial charge in [-0.25, -0.2) is 0 Å². The lowest BCUT2D eigenvalue weighted by atomic mass is 9.75. The zero-order chi connectivity index (χ0) is 21.2. The molecule has 0 bridgehead atoms. The van der Waals surface area contributed by atoms with Crippen LogP contribution in [0.15, 0.2) is 30.3 Å². The first kappa shape index (κ1) is 21.8. The molecule has 1 aromatic rings. The van der Waals surface area contributed by atoms with Crippen LogP contribution < -0.4 is 0 Å². The lowest BCUT2D eigenvalue weighted by molar-refractivity contribution is -0.149. The Hall–Kier alpha value is -1.43. The smallest absolute Gasteiger partial charge is 0.219 e. The van der Waals surface area contributed by atoms with Crippen molar-refractivity contribution in [3.05, 3.63) is 35.9 Å². The van der Waals surface area contributed by atoms with Gasteiger partial charge in [0.1, 0.15) is 0 Å². The molecule has 0 aromatic heterocycles. The maximum absolute atomic E-state index is 11.8. The number of β-amino-alcohol motifs (C(OH)–C–C–N with tert-alkyl or cyclic N) is 1. The number of nitrogens with zero attached hydrogens (tertiary/aromatic N) is 2. The molecular weight excluding hydrogens is 376 g/mol. The maximum atomic E-state index is 11.8. The average molecular weight is 415 g/mol. The van der Waals surface area contributed by atoms with Crippen molar-refractivity contribution in [3.63, 3.8) is 0 Å². The first-order valence-electron chi connectivity index (χ1n) is 11.8. The molecule has 1 atom stereocenters. The summed E-state index contributed by atoms with van der Waals surface area (Å²) < 4.78 is 6.27. The Morgan fingerprint density at radius 3 is 2.43 bits per heavy atom. The van der Waals surface area contributed by atoms with Gasteiger partial charge >= 0.3 is 0 Å². The number of piperidine rings is 1. The Labute approximate surface area is 181 Å². The summed E-state index contributed by atoms with van der Waals surface area (Å²) in [6.45, 7) is 5.12. The van der Waals surface area contributed by atoms with E-state index in [1.165, 1.54) is 5.56 Å². The van der Waals surface area contributed by atoms with Crippen LogP contribution in [-0.2, 0) is 9.53 Å². The highest BCUT2D eigenvalue weighted by Gasteiger charge is 2.43. The number of ether oxygens (including phenoxy) is 1. The molecule has 2 aliphatic heterocycles. The molecule has 1 amide bonds. The molecule has 30 heavy (non-hydrogen) atoms. The van der Waals surface area contributed by atoms with Crippen LogP contribution in [0.1, 0.15) is 69.8 Å². The van der Waals surface area contributed by atoms with Gasteiger partial charge in [0.2, 0.25) is 5.91 Å². The fourth-order valence-electron chi connectivity index (χ4n) is 5.84. The van der Waals surface area contributed by atoms with E-state index in [2.05, 4.69) is 35.2 Å². The highest BCUT2D eigenvalue weighted by Crippen LogP contribution is 2.40. The molecule has 166 valence electrons. The summed E-state index contributed by atoms with van der Waals surface area (Å²) in [6.07, 6.45) is 7.78. The Morgan fingerprint density at radius 2 is 1.80 bits per heavy atom. The number of likely N-dealkylation sites (tertiary alicyclic amines) is 1. The second-order valence-electron chi connectivity index (χ2n) is 9.99. The van der Waals surface area contributed by atoms with Crippen molar-refractivity contribution in [1.29, 1.82) is 0 Å². The Balaban J connectivity index is 1.27. The van der Waals surface area contributed by atoms with Gasteiger partial charge in [-0.3, -0.25) is 4.79 Å². The normalized spacial score (nSPS) is 32.1. The SMILES string of the molecule is CC(=O)N(C)C1CCOC2(CCN(CC3(O)CCC(c4ccccc4)CC3)CC2)C1. The lowest BCUT2D eigenvalue weighted by Gasteiger charge is -2.49. The van der Waals surface area contributed by atoms with Crippen molar-refractivity contribution in [2.75, 3.05) is 33.3 Å². The average Bonchev–Trinajstić information content (AvgIpc) is 2.76. The third kappa shape index (κ3) is 4.90. The van der Waals surface area contributed by atoms with Gasteiger partial charge < -0.3 is 19.6 Å². The fraction of sp³-hybridized carbons (Fsp3) is 0.720. The van der Waals surface area contributed by atoms with Crippen LogP contribution >= 0.6 is 0 Å². The van der Waals surface area contributed by atoms with E-state index in [1.807, 2.05) is 11.9 Å². The summed E-state index contributed by atoms with van der Waals surface area (Å²) in [5.74, 6) is 0.727. The van der Waals surface area contributed by atoms with Crippen LogP contribution in [0.4, 0.5) is 0 Å². The van der Waals surface area contributed by atoms with E-state index in [-0.39, 0.29) is 11.5 Å². The van der Waals surface area contributed by atoms with Crippen molar-refractivity contribution < 1.29 is 14.6 Å². The molecular formula is C25H38N2O3. The maximum Gasteiger partial charge on any atom is 0.219 e. The molecule has 3 aliphatic rings. The van der Waals surface area contributed by atoms with Crippen LogP contribution in [0, 0.1) is 0 Å². The summed E-state index contributed by atoms with van der Waals surface area (Å²) in [4.78, 5) is 16.1. The predicted molar refractivity (Wildman–Crippen MR) is 118 cm³/mol. The van der Waals surface area contributed by atoms with Gasteiger partial charge in [-0.05, 0) is 62.8 Å². The molecule has 4 rings (SSSR count). The van der Waals surface area contributed by atoms with Crippen LogP contribution in [0.25, 0.3) is 0 Å². The van der Waals surface area contributed by atoms with Crippen molar-refractivity contribution in [3.8, 4) is 0 Å². The van der Waals surface area contributed by atoms with E-state index in [1.54, 1.807) is 6.92 Å². The van der Waals surface area contributed by atoms with E-state index >= 15 is 0 Å². The summed E-state index contributed by atoms with van der Waals surface area (Å²) >= 11 is 0. The minimum absolute atomic E-state index is 0.0866. The number of benzene rings is 1. The molecule has 3 fully saturated rings. The largest absolute Gasteiger partial charge is 0.389 e. The van der Waals surface area contributed by atoms with Crippen molar-refractivity contribution in [2.45, 2.75) is 81.5 Å². The molecule has 1 N–H and O–H groups in total. The number of hydrogen-bond acceptors (Lipinski definition) is 4. The summed E-state index contributed by atoms with van der Waals surface area (Å²) in [5.41, 5.74) is 0.774. The van der Waals surface area contributed by atoms with Crippen molar-refractivity contribution in [2.24, 2.45) is 0 Å². The van der Waals surface area contributed by atoms with Crippen LogP contribution in [0.3, 0.4) is 0 Å². The summed E-state index contributed by atoms with van der Waals surface area (Å²) in [6, 6.07) is 11.0.